The zero-order valence-corrected chi connectivity index (χ0v) is 16.1. The smallest absolute Gasteiger partial charge is 0.390 e. The quantitative estimate of drug-likeness (QED) is 0.789. The van der Waals surface area contributed by atoms with E-state index in [2.05, 4.69) is 0 Å². The van der Waals surface area contributed by atoms with Crippen LogP contribution >= 0.6 is 11.6 Å². The number of halogens is 4. The molecule has 1 amide bonds. The molecule has 0 aliphatic carbocycles. The summed E-state index contributed by atoms with van der Waals surface area (Å²) < 4.78 is 38.5. The van der Waals surface area contributed by atoms with Crippen LogP contribution in [0.1, 0.15) is 29.6 Å². The number of aliphatic hydroxyl groups is 2. The Bertz CT molecular complexity index is 693. The third-order valence-corrected chi connectivity index (χ3v) is 5.94. The van der Waals surface area contributed by atoms with Crippen molar-refractivity contribution in [3.05, 3.63) is 34.9 Å². The fourth-order valence-electron chi connectivity index (χ4n) is 3.97. The average Bonchev–Trinajstić information content (AvgIpc) is 2.64. The maximum Gasteiger partial charge on any atom is 0.391 e. The van der Waals surface area contributed by atoms with Gasteiger partial charge in [0.05, 0.1) is 18.6 Å². The largest absolute Gasteiger partial charge is 0.391 e. The van der Waals surface area contributed by atoms with Gasteiger partial charge in [0, 0.05) is 23.7 Å². The van der Waals surface area contributed by atoms with Gasteiger partial charge in [0.2, 0.25) is 0 Å². The Kier molecular flexibility index (Phi) is 6.24. The van der Waals surface area contributed by atoms with Gasteiger partial charge in [-0.25, -0.2) is 0 Å². The van der Waals surface area contributed by atoms with Crippen molar-refractivity contribution in [2.45, 2.75) is 37.1 Å². The second kappa shape index (κ2) is 8.18. The van der Waals surface area contributed by atoms with E-state index in [9.17, 15) is 28.2 Å². The summed E-state index contributed by atoms with van der Waals surface area (Å²) in [5, 5.41) is 21.8. The van der Waals surface area contributed by atoms with Crippen molar-refractivity contribution in [3.63, 3.8) is 0 Å². The Morgan fingerprint density at radius 2 is 1.75 bits per heavy atom. The summed E-state index contributed by atoms with van der Waals surface area (Å²) in [4.78, 5) is 15.9. The summed E-state index contributed by atoms with van der Waals surface area (Å²) >= 11 is 5.84. The summed E-state index contributed by atoms with van der Waals surface area (Å²) in [5.41, 5.74) is -1.15. The molecular weight excluding hydrogens is 397 g/mol. The van der Waals surface area contributed by atoms with Crippen LogP contribution in [0.25, 0.3) is 0 Å². The average molecular weight is 421 g/mol. The molecule has 0 saturated carbocycles. The lowest BCUT2D eigenvalue weighted by Crippen LogP contribution is -2.63. The highest BCUT2D eigenvalue weighted by atomic mass is 35.5. The number of β-amino-alcohol motifs (C(OH)–C–C–N with tert-alkyl or cyclic N) is 1. The number of carbonyl (C=O) groups is 1. The van der Waals surface area contributed by atoms with Crippen molar-refractivity contribution >= 4 is 17.5 Å². The van der Waals surface area contributed by atoms with Gasteiger partial charge >= 0.3 is 6.18 Å². The Labute approximate surface area is 166 Å². The molecule has 2 atom stereocenters. The molecule has 3 rings (SSSR count). The number of amides is 1. The van der Waals surface area contributed by atoms with Gasteiger partial charge in [0.15, 0.2) is 0 Å². The highest BCUT2D eigenvalue weighted by Crippen LogP contribution is 2.35. The zero-order valence-electron chi connectivity index (χ0n) is 15.3. The third-order valence-electron chi connectivity index (χ3n) is 5.68. The van der Waals surface area contributed by atoms with Crippen LogP contribution < -0.4 is 0 Å². The van der Waals surface area contributed by atoms with Crippen LogP contribution in [0.5, 0.6) is 0 Å². The molecule has 1 aromatic rings. The molecule has 28 heavy (non-hydrogen) atoms. The van der Waals surface area contributed by atoms with Gasteiger partial charge in [0.25, 0.3) is 5.91 Å². The van der Waals surface area contributed by atoms with Crippen LogP contribution in [0.2, 0.25) is 5.02 Å². The van der Waals surface area contributed by atoms with E-state index in [0.717, 1.165) is 0 Å². The number of alkyl halides is 3. The summed E-state index contributed by atoms with van der Waals surface area (Å²) in [6.07, 6.45) is -5.09. The van der Waals surface area contributed by atoms with Gasteiger partial charge in [-0.05, 0) is 56.6 Å². The summed E-state index contributed by atoms with van der Waals surface area (Å²) in [6.45, 7) is 0.647. The normalized spacial score (nSPS) is 27.8. The van der Waals surface area contributed by atoms with E-state index in [4.69, 9.17) is 11.6 Å². The standard InChI is InChI=1S/C19H24ClF3N2O3/c20-15-3-1-13(2-4-15)17(27)25-10-7-16(26)18(28,12-25)11-24-8-5-14(6-9-24)19(21,22)23/h1-4,14,16,26,28H,5-12H2/t16-,18+/m0/s1. The van der Waals surface area contributed by atoms with E-state index >= 15 is 0 Å². The number of rotatable bonds is 3. The van der Waals surface area contributed by atoms with Crippen LogP contribution in [-0.4, -0.2) is 76.5 Å². The Balaban J connectivity index is 1.63. The third kappa shape index (κ3) is 4.79. The molecular formula is C19H24ClF3N2O3. The molecule has 2 aliphatic heterocycles. The maximum absolute atomic E-state index is 12.8. The van der Waals surface area contributed by atoms with Crippen LogP contribution in [-0.2, 0) is 0 Å². The second-order valence-electron chi connectivity index (χ2n) is 7.73. The number of hydrogen-bond acceptors (Lipinski definition) is 4. The van der Waals surface area contributed by atoms with Crippen molar-refractivity contribution < 1.29 is 28.2 Å². The lowest BCUT2D eigenvalue weighted by molar-refractivity contribution is -0.188. The van der Waals surface area contributed by atoms with E-state index in [-0.39, 0.29) is 51.3 Å². The van der Waals surface area contributed by atoms with Gasteiger partial charge in [-0.15, -0.1) is 0 Å². The van der Waals surface area contributed by atoms with Crippen LogP contribution in [0.4, 0.5) is 13.2 Å². The van der Waals surface area contributed by atoms with E-state index < -0.39 is 23.8 Å². The molecule has 2 N–H and O–H groups in total. The number of piperidine rings is 2. The first kappa shape index (κ1) is 21.4. The summed E-state index contributed by atoms with van der Waals surface area (Å²) in [6, 6.07) is 6.39. The van der Waals surface area contributed by atoms with E-state index in [1.807, 2.05) is 0 Å². The van der Waals surface area contributed by atoms with E-state index in [1.54, 1.807) is 29.2 Å². The molecule has 0 unspecified atom stereocenters. The first-order chi connectivity index (χ1) is 13.1. The van der Waals surface area contributed by atoms with E-state index in [1.165, 1.54) is 4.90 Å². The molecule has 0 radical (unpaired) electrons. The number of benzene rings is 1. The number of carbonyl (C=O) groups excluding carboxylic acids is 1. The monoisotopic (exact) mass is 420 g/mol. The molecule has 9 heteroatoms. The molecule has 2 fully saturated rings. The highest BCUT2D eigenvalue weighted by molar-refractivity contribution is 6.30. The minimum Gasteiger partial charge on any atom is -0.390 e. The van der Waals surface area contributed by atoms with Gasteiger partial charge in [-0.1, -0.05) is 11.6 Å². The predicted octanol–water partition coefficient (Wildman–Crippen LogP) is 2.55. The SMILES string of the molecule is O=C(c1ccc(Cl)cc1)N1CC[C@H](O)[C@@](O)(CN2CCC(C(F)(F)F)CC2)C1. The Hall–Kier alpha value is -1.35. The second-order valence-corrected chi connectivity index (χ2v) is 8.17. The number of nitrogens with zero attached hydrogens (tertiary/aromatic N) is 2. The molecule has 156 valence electrons. The highest BCUT2D eigenvalue weighted by Gasteiger charge is 2.46. The van der Waals surface area contributed by atoms with Crippen molar-refractivity contribution in [2.24, 2.45) is 5.92 Å². The van der Waals surface area contributed by atoms with Crippen molar-refractivity contribution in [1.29, 1.82) is 0 Å². The molecule has 1 aromatic carbocycles. The first-order valence-corrected chi connectivity index (χ1v) is 9.71. The van der Waals surface area contributed by atoms with Crippen molar-refractivity contribution in [1.82, 2.24) is 9.80 Å². The van der Waals surface area contributed by atoms with Gasteiger partial charge in [-0.2, -0.15) is 13.2 Å². The van der Waals surface area contributed by atoms with Gasteiger partial charge in [0.1, 0.15) is 5.60 Å². The predicted molar refractivity (Wildman–Crippen MR) is 98.1 cm³/mol. The lowest BCUT2D eigenvalue weighted by Gasteiger charge is -2.46. The fraction of sp³-hybridized carbons (Fsp3) is 0.632. The minimum absolute atomic E-state index is 0.0247. The molecule has 2 saturated heterocycles. The Morgan fingerprint density at radius 1 is 1.14 bits per heavy atom. The van der Waals surface area contributed by atoms with Crippen LogP contribution in [0, 0.1) is 5.92 Å². The van der Waals surface area contributed by atoms with Crippen molar-refractivity contribution in [3.8, 4) is 0 Å². The molecule has 0 spiro atoms. The maximum atomic E-state index is 12.8. The summed E-state index contributed by atoms with van der Waals surface area (Å²) in [5.74, 6) is -1.60. The first-order valence-electron chi connectivity index (χ1n) is 9.33. The molecule has 2 aliphatic rings. The number of likely N-dealkylation sites (tertiary alicyclic amines) is 2. The van der Waals surface area contributed by atoms with Crippen LogP contribution in [0.15, 0.2) is 24.3 Å². The number of aliphatic hydroxyl groups excluding tert-OH is 1. The van der Waals surface area contributed by atoms with Gasteiger partial charge in [-0.3, -0.25) is 4.79 Å². The molecule has 2 heterocycles. The van der Waals surface area contributed by atoms with E-state index in [0.29, 0.717) is 17.1 Å². The topological polar surface area (TPSA) is 64.0 Å². The lowest BCUT2D eigenvalue weighted by atomic mass is 9.87. The molecule has 5 nitrogen and oxygen atoms in total. The summed E-state index contributed by atoms with van der Waals surface area (Å²) in [7, 11) is 0. The number of hydrogen-bond donors (Lipinski definition) is 2. The van der Waals surface area contributed by atoms with Gasteiger partial charge < -0.3 is 20.0 Å². The van der Waals surface area contributed by atoms with Crippen LogP contribution in [0.3, 0.4) is 0 Å². The Morgan fingerprint density at radius 3 is 2.32 bits per heavy atom. The van der Waals surface area contributed by atoms with Crippen molar-refractivity contribution in [2.75, 3.05) is 32.7 Å². The fourth-order valence-corrected chi connectivity index (χ4v) is 4.10. The zero-order chi connectivity index (χ0) is 20.5. The molecule has 0 bridgehead atoms. The molecule has 0 aromatic heterocycles. The minimum atomic E-state index is -4.20.